The van der Waals surface area contributed by atoms with Gasteiger partial charge in [-0.3, -0.25) is 0 Å². The Morgan fingerprint density at radius 3 is 0.800 bits per heavy atom. The third-order valence-corrected chi connectivity index (χ3v) is 10.7. The molecule has 0 aliphatic carbocycles. The van der Waals surface area contributed by atoms with Crippen molar-refractivity contribution in [2.75, 3.05) is 0 Å². The zero-order chi connectivity index (χ0) is 36.6. The molecule has 10 rings (SSSR count). The van der Waals surface area contributed by atoms with Gasteiger partial charge in [0.25, 0.3) is 0 Å². The minimum Gasteiger partial charge on any atom is -0.529 e. The molecule has 10 aromatic carbocycles. The molecule has 0 aliphatic rings. The Balaban J connectivity index is 0.980. The highest BCUT2D eigenvalue weighted by Crippen LogP contribution is 2.45. The molecule has 3 heteroatoms. The number of hydrogen-bond acceptors (Lipinski definition) is 2. The van der Waals surface area contributed by atoms with E-state index in [2.05, 4.69) is 194 Å². The molecular weight excluding hydrogens is 667 g/mol. The van der Waals surface area contributed by atoms with E-state index in [-0.39, 0.29) is 7.69 Å². The summed E-state index contributed by atoms with van der Waals surface area (Å²) in [6.07, 6.45) is 0. The highest BCUT2D eigenvalue weighted by molar-refractivity contribution is 6.23. The summed E-state index contributed by atoms with van der Waals surface area (Å²) in [6.45, 7) is 0. The first-order chi connectivity index (χ1) is 27.3. The lowest BCUT2D eigenvalue weighted by molar-refractivity contribution is 0.459. The Kier molecular flexibility index (Phi) is 8.31. The fourth-order valence-corrected chi connectivity index (χ4v) is 8.36. The van der Waals surface area contributed by atoms with Crippen molar-refractivity contribution < 1.29 is 9.31 Å². The van der Waals surface area contributed by atoms with Crippen LogP contribution in [0.3, 0.4) is 0 Å². The second-order valence-electron chi connectivity index (χ2n) is 13.9. The Morgan fingerprint density at radius 2 is 0.491 bits per heavy atom. The van der Waals surface area contributed by atoms with Gasteiger partial charge in [-0.1, -0.05) is 182 Å². The van der Waals surface area contributed by atoms with Gasteiger partial charge in [0, 0.05) is 0 Å². The Hall–Kier alpha value is -7.10. The SMILES string of the molecule is B(Oc1cccc(-c2c3ccccc3c(-c3ccccc3)c3ccccc23)c1)Oc1cccc(-c2c3ccccc3c(-c3ccccc3)c3ccccc23)c1. The molecule has 0 aliphatic heterocycles. The second kappa shape index (κ2) is 14.0. The fraction of sp³-hybridized carbons (Fsp3) is 0. The maximum Gasteiger partial charge on any atom is 0.576 e. The third-order valence-electron chi connectivity index (χ3n) is 10.7. The average Bonchev–Trinajstić information content (AvgIpc) is 3.25. The van der Waals surface area contributed by atoms with Gasteiger partial charge in [0.2, 0.25) is 0 Å². The van der Waals surface area contributed by atoms with Crippen molar-refractivity contribution in [3.05, 3.63) is 206 Å². The zero-order valence-corrected chi connectivity index (χ0v) is 30.2. The highest BCUT2D eigenvalue weighted by Gasteiger charge is 2.18. The Morgan fingerprint density at radius 1 is 0.236 bits per heavy atom. The van der Waals surface area contributed by atoms with Gasteiger partial charge in [-0.25, -0.2) is 0 Å². The van der Waals surface area contributed by atoms with Gasteiger partial charge in [0.05, 0.1) is 0 Å². The minimum absolute atomic E-state index is 0.0792. The molecule has 0 aromatic heterocycles. The van der Waals surface area contributed by atoms with E-state index in [1.807, 2.05) is 12.1 Å². The molecule has 258 valence electrons. The number of rotatable bonds is 8. The van der Waals surface area contributed by atoms with Gasteiger partial charge in [-0.05, 0) is 112 Å². The molecule has 0 atom stereocenters. The van der Waals surface area contributed by atoms with Crippen molar-refractivity contribution in [1.82, 2.24) is 0 Å². The molecule has 0 unspecified atom stereocenters. The number of benzene rings is 10. The lowest BCUT2D eigenvalue weighted by Crippen LogP contribution is -2.10. The van der Waals surface area contributed by atoms with E-state index in [0.29, 0.717) is 0 Å². The van der Waals surface area contributed by atoms with Crippen molar-refractivity contribution in [2.45, 2.75) is 0 Å². The lowest BCUT2D eigenvalue weighted by atomic mass is 9.86. The van der Waals surface area contributed by atoms with E-state index >= 15 is 0 Å². The summed E-state index contributed by atoms with van der Waals surface area (Å²) < 4.78 is 12.6. The van der Waals surface area contributed by atoms with E-state index in [0.717, 1.165) is 22.6 Å². The predicted molar refractivity (Wildman–Crippen MR) is 233 cm³/mol. The largest absolute Gasteiger partial charge is 0.576 e. The first kappa shape index (κ1) is 32.5. The van der Waals surface area contributed by atoms with Crippen LogP contribution in [0.1, 0.15) is 0 Å². The van der Waals surface area contributed by atoms with Crippen LogP contribution < -0.4 is 9.31 Å². The summed E-state index contributed by atoms with van der Waals surface area (Å²) in [5, 5.41) is 9.76. The Bertz CT molecular complexity index is 2690. The van der Waals surface area contributed by atoms with Crippen LogP contribution in [-0.4, -0.2) is 7.69 Å². The summed E-state index contributed by atoms with van der Waals surface area (Å²) in [6, 6.07) is 73.0. The van der Waals surface area contributed by atoms with Gasteiger partial charge >= 0.3 is 7.69 Å². The quantitative estimate of drug-likeness (QED) is 0.116. The molecule has 0 amide bonds. The van der Waals surface area contributed by atoms with E-state index in [9.17, 15) is 0 Å². The van der Waals surface area contributed by atoms with Crippen LogP contribution in [0.15, 0.2) is 206 Å². The molecule has 0 bridgehead atoms. The molecular formula is C52H35BO2. The van der Waals surface area contributed by atoms with Gasteiger partial charge in [0.1, 0.15) is 11.5 Å². The van der Waals surface area contributed by atoms with Crippen LogP contribution in [0.5, 0.6) is 11.5 Å². The standard InChI is InChI=1S/C52H35BO2/c1-3-17-35(18-4-1)49-41-25-7-11-29-45(41)51(46-30-12-8-26-42(46)49)37-21-15-23-39(33-37)54-53-55-40-24-16-22-38(34-40)52-47-31-13-9-27-43(47)50(36-19-5-2-6-20-36)44-28-10-14-32-48(44)52/h1-34,53H. The van der Waals surface area contributed by atoms with Crippen molar-refractivity contribution >= 4 is 50.8 Å². The molecule has 2 nitrogen and oxygen atoms in total. The van der Waals surface area contributed by atoms with Gasteiger partial charge < -0.3 is 9.31 Å². The first-order valence-electron chi connectivity index (χ1n) is 18.8. The summed E-state index contributed by atoms with van der Waals surface area (Å²) >= 11 is 0. The van der Waals surface area contributed by atoms with Crippen LogP contribution in [0.4, 0.5) is 0 Å². The minimum atomic E-state index is 0.0792. The van der Waals surface area contributed by atoms with E-state index in [1.165, 1.54) is 76.5 Å². The highest BCUT2D eigenvalue weighted by atomic mass is 16.6. The zero-order valence-electron chi connectivity index (χ0n) is 30.2. The normalized spacial score (nSPS) is 11.3. The molecule has 10 aromatic rings. The monoisotopic (exact) mass is 702 g/mol. The van der Waals surface area contributed by atoms with Gasteiger partial charge in [-0.15, -0.1) is 0 Å². The van der Waals surface area contributed by atoms with Crippen molar-refractivity contribution in [3.8, 4) is 56.0 Å². The number of hydrogen-bond donors (Lipinski definition) is 0. The van der Waals surface area contributed by atoms with Crippen LogP contribution in [0.2, 0.25) is 0 Å². The summed E-state index contributed by atoms with van der Waals surface area (Å²) in [7, 11) is 0.0792. The summed E-state index contributed by atoms with van der Waals surface area (Å²) in [5.74, 6) is 1.50. The van der Waals surface area contributed by atoms with E-state index < -0.39 is 0 Å². The molecule has 0 radical (unpaired) electrons. The van der Waals surface area contributed by atoms with E-state index in [1.54, 1.807) is 0 Å². The van der Waals surface area contributed by atoms with Crippen molar-refractivity contribution in [1.29, 1.82) is 0 Å². The Labute approximate surface area is 321 Å². The maximum atomic E-state index is 6.32. The molecule has 0 spiro atoms. The predicted octanol–water partition coefficient (Wildman–Crippen LogP) is 13.7. The molecule has 0 saturated heterocycles. The average molecular weight is 703 g/mol. The molecule has 0 N–H and O–H groups in total. The van der Waals surface area contributed by atoms with Gasteiger partial charge in [0.15, 0.2) is 0 Å². The fourth-order valence-electron chi connectivity index (χ4n) is 8.36. The summed E-state index contributed by atoms with van der Waals surface area (Å²) in [5.41, 5.74) is 9.54. The van der Waals surface area contributed by atoms with Crippen molar-refractivity contribution in [3.63, 3.8) is 0 Å². The third kappa shape index (κ3) is 5.87. The van der Waals surface area contributed by atoms with Crippen LogP contribution in [0.25, 0.3) is 87.6 Å². The second-order valence-corrected chi connectivity index (χ2v) is 13.9. The first-order valence-corrected chi connectivity index (χ1v) is 18.8. The van der Waals surface area contributed by atoms with Crippen LogP contribution in [0, 0.1) is 0 Å². The van der Waals surface area contributed by atoms with Crippen molar-refractivity contribution in [2.24, 2.45) is 0 Å². The maximum absolute atomic E-state index is 6.32. The molecule has 55 heavy (non-hydrogen) atoms. The molecule has 0 saturated carbocycles. The lowest BCUT2D eigenvalue weighted by Gasteiger charge is -2.18. The van der Waals surface area contributed by atoms with Crippen LogP contribution in [-0.2, 0) is 0 Å². The van der Waals surface area contributed by atoms with Gasteiger partial charge in [-0.2, -0.15) is 0 Å². The van der Waals surface area contributed by atoms with E-state index in [4.69, 9.17) is 9.31 Å². The number of fused-ring (bicyclic) bond motifs is 4. The molecule has 0 heterocycles. The summed E-state index contributed by atoms with van der Waals surface area (Å²) in [4.78, 5) is 0. The van der Waals surface area contributed by atoms with Crippen LogP contribution >= 0.6 is 0 Å². The smallest absolute Gasteiger partial charge is 0.529 e. The topological polar surface area (TPSA) is 18.5 Å². The molecule has 0 fully saturated rings.